The molecule has 0 radical (unpaired) electrons. The molecule has 1 aromatic heterocycles. The zero-order chi connectivity index (χ0) is 18.2. The zero-order valence-electron chi connectivity index (χ0n) is 16.0. The van der Waals surface area contributed by atoms with Crippen molar-refractivity contribution in [3.63, 3.8) is 0 Å². The summed E-state index contributed by atoms with van der Waals surface area (Å²) in [6.07, 6.45) is 2.07. The Bertz CT molecular complexity index is 693. The largest absolute Gasteiger partial charge is 0.496 e. The van der Waals surface area contributed by atoms with Gasteiger partial charge in [-0.05, 0) is 30.7 Å². The van der Waals surface area contributed by atoms with Gasteiger partial charge in [-0.25, -0.2) is 0 Å². The van der Waals surface area contributed by atoms with Gasteiger partial charge in [-0.15, -0.1) is 0 Å². The summed E-state index contributed by atoms with van der Waals surface area (Å²) in [4.78, 5) is 7.00. The second-order valence-corrected chi connectivity index (χ2v) is 6.30. The van der Waals surface area contributed by atoms with Crippen LogP contribution in [0.5, 0.6) is 5.75 Å². The van der Waals surface area contributed by atoms with Gasteiger partial charge < -0.3 is 19.5 Å². The number of hydrogen-bond acceptors (Lipinski definition) is 2. The monoisotopic (exact) mass is 342 g/mol. The maximum atomic E-state index is 5.47. The maximum absolute atomic E-state index is 5.47. The maximum Gasteiger partial charge on any atom is 0.194 e. The van der Waals surface area contributed by atoms with Crippen LogP contribution in [-0.4, -0.2) is 42.7 Å². The van der Waals surface area contributed by atoms with Crippen LogP contribution in [0.2, 0.25) is 0 Å². The van der Waals surface area contributed by atoms with Crippen LogP contribution in [0.25, 0.3) is 0 Å². The second kappa shape index (κ2) is 9.16. The Hall–Kier alpha value is -2.43. The topological polar surface area (TPSA) is 41.8 Å². The first-order valence-corrected chi connectivity index (χ1v) is 8.79. The molecule has 0 amide bonds. The average molecular weight is 342 g/mol. The molecule has 5 heteroatoms. The molecule has 0 saturated heterocycles. The van der Waals surface area contributed by atoms with E-state index in [-0.39, 0.29) is 5.92 Å². The van der Waals surface area contributed by atoms with Gasteiger partial charge in [0.2, 0.25) is 0 Å². The number of para-hydroxylation sites is 1. The number of rotatable bonds is 7. The summed E-state index contributed by atoms with van der Waals surface area (Å²) in [5, 5.41) is 3.39. The Morgan fingerprint density at radius 3 is 2.68 bits per heavy atom. The van der Waals surface area contributed by atoms with Crippen molar-refractivity contribution >= 4 is 5.96 Å². The predicted octanol–water partition coefficient (Wildman–Crippen LogP) is 3.23. The highest BCUT2D eigenvalue weighted by Gasteiger charge is 2.13. The molecule has 0 aliphatic rings. The Balaban J connectivity index is 2.09. The van der Waals surface area contributed by atoms with Gasteiger partial charge >= 0.3 is 0 Å². The number of nitrogens with one attached hydrogen (secondary N) is 1. The smallest absolute Gasteiger partial charge is 0.194 e. The lowest BCUT2D eigenvalue weighted by Gasteiger charge is -2.23. The van der Waals surface area contributed by atoms with Crippen LogP contribution in [0.15, 0.2) is 47.6 Å². The third-order valence-corrected chi connectivity index (χ3v) is 4.33. The van der Waals surface area contributed by atoms with E-state index in [1.807, 2.05) is 18.2 Å². The molecule has 136 valence electrons. The van der Waals surface area contributed by atoms with E-state index in [0.717, 1.165) is 24.8 Å². The van der Waals surface area contributed by atoms with Gasteiger partial charge in [-0.3, -0.25) is 4.99 Å². The summed E-state index contributed by atoms with van der Waals surface area (Å²) < 4.78 is 7.61. The number of aromatic nitrogens is 1. The normalized spacial score (nSPS) is 12.8. The molecule has 2 rings (SSSR count). The number of nitrogens with zero attached hydrogens (tertiary/aromatic N) is 3. The van der Waals surface area contributed by atoms with Gasteiger partial charge in [0.1, 0.15) is 5.75 Å². The summed E-state index contributed by atoms with van der Waals surface area (Å²) >= 11 is 0. The van der Waals surface area contributed by atoms with Gasteiger partial charge in [0.25, 0.3) is 0 Å². The van der Waals surface area contributed by atoms with Crippen LogP contribution in [0, 0.1) is 0 Å². The number of aryl methyl sites for hydroxylation is 1. The molecule has 1 N–H and O–H groups in total. The highest BCUT2D eigenvalue weighted by atomic mass is 16.5. The molecule has 0 fully saturated rings. The molecule has 1 aromatic carbocycles. The molecule has 5 nitrogen and oxygen atoms in total. The summed E-state index contributed by atoms with van der Waals surface area (Å²) in [6.45, 7) is 6.65. The lowest BCUT2D eigenvalue weighted by Crippen LogP contribution is -2.39. The van der Waals surface area contributed by atoms with Gasteiger partial charge in [0, 0.05) is 45.0 Å². The Morgan fingerprint density at radius 1 is 1.28 bits per heavy atom. The fourth-order valence-electron chi connectivity index (χ4n) is 2.84. The van der Waals surface area contributed by atoms with Crippen LogP contribution in [-0.2, 0) is 13.6 Å². The summed E-state index contributed by atoms with van der Waals surface area (Å²) in [5.41, 5.74) is 2.44. The fraction of sp³-hybridized carbons (Fsp3) is 0.450. The molecular weight excluding hydrogens is 312 g/mol. The highest BCUT2D eigenvalue weighted by molar-refractivity contribution is 5.79. The first kappa shape index (κ1) is 18.9. The number of aliphatic imine (C=N–C) groups is 1. The number of methoxy groups -OCH3 is 1. The van der Waals surface area contributed by atoms with Crippen molar-refractivity contribution in [1.29, 1.82) is 0 Å². The van der Waals surface area contributed by atoms with E-state index >= 15 is 0 Å². The summed E-state index contributed by atoms with van der Waals surface area (Å²) in [6, 6.07) is 12.4. The van der Waals surface area contributed by atoms with E-state index < -0.39 is 0 Å². The van der Waals surface area contributed by atoms with E-state index in [2.05, 4.69) is 67.1 Å². The SMILES string of the molecule is CCNC(=NCC(C)c1ccccc1OC)N(C)Cc1cccn1C. The van der Waals surface area contributed by atoms with Crippen molar-refractivity contribution in [3.8, 4) is 5.75 Å². The van der Waals surface area contributed by atoms with Gasteiger partial charge in [-0.2, -0.15) is 0 Å². The van der Waals surface area contributed by atoms with Crippen molar-refractivity contribution in [1.82, 2.24) is 14.8 Å². The van der Waals surface area contributed by atoms with Crippen LogP contribution in [0.4, 0.5) is 0 Å². The summed E-state index contributed by atoms with van der Waals surface area (Å²) in [5.74, 6) is 2.13. The number of ether oxygens (including phenoxy) is 1. The number of guanidine groups is 1. The predicted molar refractivity (Wildman–Crippen MR) is 104 cm³/mol. The molecule has 0 aliphatic heterocycles. The minimum atomic E-state index is 0.285. The Morgan fingerprint density at radius 2 is 2.04 bits per heavy atom. The van der Waals surface area contributed by atoms with E-state index in [0.29, 0.717) is 6.54 Å². The zero-order valence-corrected chi connectivity index (χ0v) is 16.0. The Kier molecular flexibility index (Phi) is 6.92. The third-order valence-electron chi connectivity index (χ3n) is 4.33. The summed E-state index contributed by atoms with van der Waals surface area (Å²) in [7, 11) is 5.85. The molecule has 1 unspecified atom stereocenters. The molecule has 0 saturated carbocycles. The van der Waals surface area contributed by atoms with Crippen molar-refractivity contribution in [2.45, 2.75) is 26.3 Å². The lowest BCUT2D eigenvalue weighted by atomic mass is 10.0. The van der Waals surface area contributed by atoms with Crippen LogP contribution in [0.3, 0.4) is 0 Å². The average Bonchev–Trinajstić information content (AvgIpc) is 3.02. The first-order chi connectivity index (χ1) is 12.1. The molecule has 25 heavy (non-hydrogen) atoms. The minimum Gasteiger partial charge on any atom is -0.496 e. The molecule has 0 spiro atoms. The third kappa shape index (κ3) is 5.02. The van der Waals surface area contributed by atoms with E-state index in [1.165, 1.54) is 11.3 Å². The van der Waals surface area contributed by atoms with Gasteiger partial charge in [0.15, 0.2) is 5.96 Å². The quantitative estimate of drug-likeness (QED) is 0.620. The molecule has 0 bridgehead atoms. The van der Waals surface area contributed by atoms with Gasteiger partial charge in [0.05, 0.1) is 13.7 Å². The second-order valence-electron chi connectivity index (χ2n) is 6.30. The lowest BCUT2D eigenvalue weighted by molar-refractivity contribution is 0.406. The van der Waals surface area contributed by atoms with Crippen LogP contribution < -0.4 is 10.1 Å². The van der Waals surface area contributed by atoms with Crippen molar-refractivity contribution < 1.29 is 4.74 Å². The first-order valence-electron chi connectivity index (χ1n) is 8.79. The van der Waals surface area contributed by atoms with Crippen LogP contribution >= 0.6 is 0 Å². The van der Waals surface area contributed by atoms with E-state index in [1.54, 1.807) is 7.11 Å². The van der Waals surface area contributed by atoms with Crippen molar-refractivity contribution in [2.75, 3.05) is 27.2 Å². The minimum absolute atomic E-state index is 0.285. The molecular formula is C20H30N4O. The molecule has 2 aromatic rings. The van der Waals surface area contributed by atoms with Crippen LogP contribution in [0.1, 0.15) is 31.0 Å². The fourth-order valence-corrected chi connectivity index (χ4v) is 2.84. The Labute approximate surface area is 151 Å². The number of hydrogen-bond donors (Lipinski definition) is 1. The highest BCUT2D eigenvalue weighted by Crippen LogP contribution is 2.26. The molecule has 1 heterocycles. The van der Waals surface area contributed by atoms with Crippen molar-refractivity contribution in [2.24, 2.45) is 12.0 Å². The molecule has 1 atom stereocenters. The standard InChI is InChI=1S/C20H30N4O/c1-6-21-20(24(4)15-17-10-9-13-23(17)3)22-14-16(2)18-11-7-8-12-19(18)25-5/h7-13,16H,6,14-15H2,1-5H3,(H,21,22). The van der Waals surface area contributed by atoms with E-state index in [4.69, 9.17) is 9.73 Å². The van der Waals surface area contributed by atoms with Crippen molar-refractivity contribution in [3.05, 3.63) is 53.9 Å². The molecule has 0 aliphatic carbocycles. The number of benzene rings is 1. The van der Waals surface area contributed by atoms with E-state index in [9.17, 15) is 0 Å². The van der Waals surface area contributed by atoms with Gasteiger partial charge in [-0.1, -0.05) is 25.1 Å².